The molecule has 0 saturated carbocycles. The topological polar surface area (TPSA) is 69.9 Å². The largest absolute Gasteiger partial charge is 0.462 e. The predicted octanol–water partition coefficient (Wildman–Crippen LogP) is 1.80. The number of halogens is 1. The minimum atomic E-state index is -0.401. The van der Waals surface area contributed by atoms with Gasteiger partial charge in [0, 0.05) is 6.07 Å². The molecule has 18 heavy (non-hydrogen) atoms. The standard InChI is InChI=1S/C11H11ClN4O2/c1-3-18-11(17)8-5-15-16(7(8)2)10-4-9(12)13-6-14-10/h4-6H,3H2,1-2H3. The molecule has 2 aromatic rings. The quantitative estimate of drug-likeness (QED) is 0.626. The zero-order valence-electron chi connectivity index (χ0n) is 9.92. The van der Waals surface area contributed by atoms with E-state index in [1.54, 1.807) is 19.9 Å². The third-order valence-electron chi connectivity index (χ3n) is 2.34. The molecule has 0 aliphatic carbocycles. The van der Waals surface area contributed by atoms with Crippen LogP contribution in [0, 0.1) is 6.92 Å². The highest BCUT2D eigenvalue weighted by Gasteiger charge is 2.16. The summed E-state index contributed by atoms with van der Waals surface area (Å²) in [5.74, 6) is 0.101. The van der Waals surface area contributed by atoms with Crippen LogP contribution in [-0.4, -0.2) is 32.3 Å². The fraction of sp³-hybridized carbons (Fsp3) is 0.273. The van der Waals surface area contributed by atoms with Gasteiger partial charge in [0.1, 0.15) is 17.0 Å². The van der Waals surface area contributed by atoms with Crippen LogP contribution in [0.1, 0.15) is 23.0 Å². The van der Waals surface area contributed by atoms with Crippen LogP contribution in [0.4, 0.5) is 0 Å². The van der Waals surface area contributed by atoms with Crippen molar-refractivity contribution >= 4 is 17.6 Å². The van der Waals surface area contributed by atoms with Crippen molar-refractivity contribution in [3.05, 3.63) is 35.0 Å². The number of ether oxygens (including phenoxy) is 1. The van der Waals surface area contributed by atoms with Crippen LogP contribution in [0.15, 0.2) is 18.6 Å². The first-order valence-corrected chi connectivity index (χ1v) is 5.71. The molecule has 0 amide bonds. The van der Waals surface area contributed by atoms with Gasteiger partial charge < -0.3 is 4.74 Å². The van der Waals surface area contributed by atoms with Crippen LogP contribution < -0.4 is 0 Å². The molecule has 0 aromatic carbocycles. The number of nitrogens with zero attached hydrogens (tertiary/aromatic N) is 4. The Hall–Kier alpha value is -1.95. The monoisotopic (exact) mass is 266 g/mol. The van der Waals surface area contributed by atoms with Crippen LogP contribution in [0.3, 0.4) is 0 Å². The van der Waals surface area contributed by atoms with E-state index >= 15 is 0 Å². The van der Waals surface area contributed by atoms with Crippen LogP contribution >= 0.6 is 11.6 Å². The molecule has 0 atom stereocenters. The molecule has 0 radical (unpaired) electrons. The number of esters is 1. The van der Waals surface area contributed by atoms with Gasteiger partial charge in [-0.25, -0.2) is 19.4 Å². The summed E-state index contributed by atoms with van der Waals surface area (Å²) in [5, 5.41) is 4.41. The van der Waals surface area contributed by atoms with E-state index in [9.17, 15) is 4.79 Å². The number of aromatic nitrogens is 4. The molecule has 0 fully saturated rings. The maximum Gasteiger partial charge on any atom is 0.341 e. The molecule has 2 aromatic heterocycles. The minimum absolute atomic E-state index is 0.313. The third kappa shape index (κ3) is 2.33. The maximum absolute atomic E-state index is 11.6. The number of rotatable bonds is 3. The molecule has 7 heteroatoms. The first kappa shape index (κ1) is 12.5. The summed E-state index contributed by atoms with van der Waals surface area (Å²) in [6, 6.07) is 1.57. The first-order chi connectivity index (χ1) is 8.63. The van der Waals surface area contributed by atoms with Crippen molar-refractivity contribution < 1.29 is 9.53 Å². The summed E-state index contributed by atoms with van der Waals surface area (Å²) >= 11 is 5.78. The van der Waals surface area contributed by atoms with Gasteiger partial charge in [-0.1, -0.05) is 11.6 Å². The fourth-order valence-corrected chi connectivity index (χ4v) is 1.63. The van der Waals surface area contributed by atoms with E-state index in [0.29, 0.717) is 28.8 Å². The summed E-state index contributed by atoms with van der Waals surface area (Å²) in [5.41, 5.74) is 1.05. The Morgan fingerprint density at radius 3 is 2.94 bits per heavy atom. The average Bonchev–Trinajstić information content (AvgIpc) is 2.71. The second-order valence-electron chi connectivity index (χ2n) is 3.47. The Balaban J connectivity index is 2.39. The lowest BCUT2D eigenvalue weighted by Gasteiger charge is -2.04. The zero-order valence-corrected chi connectivity index (χ0v) is 10.7. The van der Waals surface area contributed by atoms with Crippen LogP contribution in [0.2, 0.25) is 5.15 Å². The van der Waals surface area contributed by atoms with E-state index < -0.39 is 5.97 Å². The van der Waals surface area contributed by atoms with Crippen molar-refractivity contribution in [2.24, 2.45) is 0 Å². The molecule has 2 heterocycles. The van der Waals surface area contributed by atoms with Crippen LogP contribution in [0.25, 0.3) is 5.82 Å². The lowest BCUT2D eigenvalue weighted by atomic mass is 10.2. The molecular weight excluding hydrogens is 256 g/mol. The van der Waals surface area contributed by atoms with Crippen LogP contribution in [-0.2, 0) is 4.74 Å². The SMILES string of the molecule is CCOC(=O)c1cnn(-c2cc(Cl)ncn2)c1C. The Kier molecular flexibility index (Phi) is 3.57. The highest BCUT2D eigenvalue weighted by molar-refractivity contribution is 6.29. The fourth-order valence-electron chi connectivity index (χ4n) is 1.49. The van der Waals surface area contributed by atoms with Gasteiger partial charge in [0.2, 0.25) is 0 Å². The van der Waals surface area contributed by atoms with Gasteiger partial charge in [-0.3, -0.25) is 0 Å². The molecule has 0 aliphatic rings. The number of hydrogen-bond donors (Lipinski definition) is 0. The average molecular weight is 267 g/mol. The van der Waals surface area contributed by atoms with Gasteiger partial charge in [0.15, 0.2) is 5.82 Å². The molecule has 2 rings (SSSR count). The molecular formula is C11H11ClN4O2. The van der Waals surface area contributed by atoms with Crippen molar-refractivity contribution in [3.8, 4) is 5.82 Å². The van der Waals surface area contributed by atoms with Crippen molar-refractivity contribution in [2.75, 3.05) is 6.61 Å². The predicted molar refractivity (Wildman–Crippen MR) is 64.9 cm³/mol. The number of hydrogen-bond acceptors (Lipinski definition) is 5. The highest BCUT2D eigenvalue weighted by atomic mass is 35.5. The second-order valence-corrected chi connectivity index (χ2v) is 3.86. The van der Waals surface area contributed by atoms with Crippen molar-refractivity contribution in [1.82, 2.24) is 19.7 Å². The van der Waals surface area contributed by atoms with Gasteiger partial charge in [0.25, 0.3) is 0 Å². The smallest absolute Gasteiger partial charge is 0.341 e. The van der Waals surface area contributed by atoms with Crippen molar-refractivity contribution in [1.29, 1.82) is 0 Å². The van der Waals surface area contributed by atoms with Gasteiger partial charge in [0.05, 0.1) is 18.5 Å². The molecule has 0 bridgehead atoms. The molecule has 0 unspecified atom stereocenters. The molecule has 6 nitrogen and oxygen atoms in total. The lowest BCUT2D eigenvalue weighted by Crippen LogP contribution is -2.07. The Morgan fingerprint density at radius 1 is 1.50 bits per heavy atom. The third-order valence-corrected chi connectivity index (χ3v) is 2.55. The Bertz CT molecular complexity index is 582. The zero-order chi connectivity index (χ0) is 13.1. The summed E-state index contributed by atoms with van der Waals surface area (Å²) < 4.78 is 6.44. The summed E-state index contributed by atoms with van der Waals surface area (Å²) in [4.78, 5) is 19.5. The Morgan fingerprint density at radius 2 is 2.28 bits per heavy atom. The first-order valence-electron chi connectivity index (χ1n) is 5.33. The van der Waals surface area contributed by atoms with Gasteiger partial charge in [-0.15, -0.1) is 0 Å². The second kappa shape index (κ2) is 5.14. The summed E-state index contributed by atoms with van der Waals surface area (Å²) in [6.07, 6.45) is 2.78. The number of carbonyl (C=O) groups excluding carboxylic acids is 1. The molecule has 0 saturated heterocycles. The van der Waals surface area contributed by atoms with E-state index in [1.807, 2.05) is 0 Å². The van der Waals surface area contributed by atoms with E-state index in [4.69, 9.17) is 16.3 Å². The highest BCUT2D eigenvalue weighted by Crippen LogP contribution is 2.15. The Labute approximate surface area is 109 Å². The summed E-state index contributed by atoms with van der Waals surface area (Å²) in [6.45, 7) is 3.83. The molecule has 94 valence electrons. The van der Waals surface area contributed by atoms with Crippen molar-refractivity contribution in [3.63, 3.8) is 0 Å². The normalized spacial score (nSPS) is 10.4. The summed E-state index contributed by atoms with van der Waals surface area (Å²) in [7, 11) is 0. The van der Waals surface area contributed by atoms with Crippen molar-refractivity contribution in [2.45, 2.75) is 13.8 Å². The van der Waals surface area contributed by atoms with E-state index in [2.05, 4.69) is 15.1 Å². The maximum atomic E-state index is 11.6. The van der Waals surface area contributed by atoms with E-state index in [-0.39, 0.29) is 0 Å². The molecule has 0 aliphatic heterocycles. The number of carbonyl (C=O) groups is 1. The minimum Gasteiger partial charge on any atom is -0.462 e. The molecule has 0 spiro atoms. The van der Waals surface area contributed by atoms with Gasteiger partial charge in [-0.2, -0.15) is 5.10 Å². The van der Waals surface area contributed by atoms with E-state index in [1.165, 1.54) is 17.2 Å². The lowest BCUT2D eigenvalue weighted by molar-refractivity contribution is 0.0525. The van der Waals surface area contributed by atoms with Crippen LogP contribution in [0.5, 0.6) is 0 Å². The van der Waals surface area contributed by atoms with Gasteiger partial charge >= 0.3 is 5.97 Å². The van der Waals surface area contributed by atoms with E-state index in [0.717, 1.165) is 0 Å². The van der Waals surface area contributed by atoms with Gasteiger partial charge in [-0.05, 0) is 13.8 Å². The molecule has 0 N–H and O–H groups in total.